The van der Waals surface area contributed by atoms with Gasteiger partial charge in [0.2, 0.25) is 0 Å². The van der Waals surface area contributed by atoms with Crippen molar-refractivity contribution in [3.8, 4) is 0 Å². The van der Waals surface area contributed by atoms with Crippen molar-refractivity contribution in [1.82, 2.24) is 0 Å². The Balaban J connectivity index is 0.000000583. The Morgan fingerprint density at radius 1 is 1.40 bits per heavy atom. The molecule has 0 aliphatic heterocycles. The van der Waals surface area contributed by atoms with E-state index in [1.165, 1.54) is 1.08 Å². The molecule has 0 amide bonds. The van der Waals surface area contributed by atoms with Crippen molar-refractivity contribution in [2.24, 2.45) is 0 Å². The van der Waals surface area contributed by atoms with E-state index in [4.69, 9.17) is 14.6 Å². The molecule has 2 N–H and O–H groups in total. The molecule has 0 bridgehead atoms. The fraction of sp³-hybridized carbons (Fsp3) is 0.222. The summed E-state index contributed by atoms with van der Waals surface area (Å²) in [5.74, 6) is -0.651. The molecule has 1 atom stereocenters. The van der Waals surface area contributed by atoms with Gasteiger partial charge in [-0.05, 0) is 0 Å². The van der Waals surface area contributed by atoms with E-state index >= 15 is 0 Å². The monoisotopic (exact) mass is 354 g/mol. The van der Waals surface area contributed by atoms with Gasteiger partial charge in [0.25, 0.3) is 0 Å². The van der Waals surface area contributed by atoms with Gasteiger partial charge in [-0.25, -0.2) is 4.57 Å². The number of carboxylic acid groups (broad SMARTS) is 1. The number of benzene rings is 1. The van der Waals surface area contributed by atoms with Crippen molar-refractivity contribution >= 4 is 15.7 Å². The average molecular weight is 354 g/mol. The topological polar surface area (TPSA) is 74.6 Å². The van der Waals surface area contributed by atoms with Gasteiger partial charge in [-0.2, -0.15) is 0 Å². The second-order valence-electron chi connectivity index (χ2n) is 2.65. The second kappa shape index (κ2) is 9.36. The summed E-state index contributed by atoms with van der Waals surface area (Å²) in [6.07, 6.45) is 0. The summed E-state index contributed by atoms with van der Waals surface area (Å²) in [6.45, 7) is 1.80. The number of aliphatic carboxylic acids is 1. The maximum atomic E-state index is 10.6. The molecular weight excluding hydrogens is 343 g/mol. The van der Waals surface area contributed by atoms with Gasteiger partial charge in [-0.1, -0.05) is 0 Å². The smallest absolute Gasteiger partial charge is 0.310 e. The normalized spacial score (nSPS) is 11.1. The number of carboxylic acids is 1. The zero-order valence-electron chi connectivity index (χ0n) is 8.12. The number of rotatable bonds is 3. The molecule has 80 valence electrons. The summed E-state index contributed by atoms with van der Waals surface area (Å²) in [4.78, 5) is 17.5. The molecule has 0 saturated carbocycles. The molecule has 0 heterocycles. The van der Waals surface area contributed by atoms with Gasteiger partial charge in [0.15, 0.2) is 0 Å². The Morgan fingerprint density at radius 2 is 1.87 bits per heavy atom. The Kier molecular flexibility index (Phi) is 9.44. The van der Waals surface area contributed by atoms with Crippen molar-refractivity contribution in [1.29, 1.82) is 0 Å². The molecule has 1 aromatic rings. The van der Waals surface area contributed by atoms with Crippen LogP contribution in [-0.4, -0.2) is 16.0 Å². The first kappa shape index (κ1) is 15.1. The minimum absolute atomic E-state index is 0.104. The Hall–Kier alpha value is 0.127. The van der Waals surface area contributed by atoms with Crippen molar-refractivity contribution in [2.75, 3.05) is 0 Å². The third kappa shape index (κ3) is 7.99. The predicted octanol–water partition coefficient (Wildman–Crippen LogP) is 1.48. The van der Waals surface area contributed by atoms with Crippen molar-refractivity contribution in [3.63, 3.8) is 0 Å². The van der Waals surface area contributed by atoms with Gasteiger partial charge in [0.05, 0.1) is 0 Å². The van der Waals surface area contributed by atoms with Gasteiger partial charge in [0.1, 0.15) is 0 Å². The standard InChI is InChI=1S/C6H5.C3H5O2.Ce.HO2P/c1-2-4-6-5-3-1;1-2-3(4)5;;1-3-2/h1-5H;2H,1H3,(H,4,5);;(H,1,2). The van der Waals surface area contributed by atoms with Crippen LogP contribution in [-0.2, 0) is 9.36 Å². The van der Waals surface area contributed by atoms with E-state index in [1.54, 1.807) is 6.92 Å². The minimum atomic E-state index is -1.13. The van der Waals surface area contributed by atoms with Crippen LogP contribution in [0.25, 0.3) is 0 Å². The molecule has 0 aromatic heterocycles. The number of hydrogen-bond donors (Lipinski definition) is 2. The molecule has 0 fully saturated rings. The molecule has 6 heteroatoms. The van der Waals surface area contributed by atoms with Crippen LogP contribution in [0.3, 0.4) is 0 Å². The van der Waals surface area contributed by atoms with E-state index in [9.17, 15) is 4.79 Å². The summed E-state index contributed by atoms with van der Waals surface area (Å²) in [6, 6.07) is 9.96. The van der Waals surface area contributed by atoms with E-state index in [2.05, 4.69) is 0 Å². The van der Waals surface area contributed by atoms with Crippen LogP contribution in [0.2, 0.25) is 1.44 Å². The second-order valence-corrected chi connectivity index (χ2v) is 8.25. The van der Waals surface area contributed by atoms with Crippen molar-refractivity contribution in [3.05, 3.63) is 30.3 Å². The van der Waals surface area contributed by atoms with E-state index < -0.39 is 52.2 Å². The third-order valence-electron chi connectivity index (χ3n) is 1.53. The Bertz CT molecular complexity index is 304. The van der Waals surface area contributed by atoms with Gasteiger partial charge >= 0.3 is 102 Å². The van der Waals surface area contributed by atoms with Crippen LogP contribution >= 0.6 is 8.69 Å². The van der Waals surface area contributed by atoms with Gasteiger partial charge in [0, 0.05) is 0 Å². The van der Waals surface area contributed by atoms with Gasteiger partial charge in [-0.15, -0.1) is 0 Å². The van der Waals surface area contributed by atoms with Crippen LogP contribution < -0.4 is 1.08 Å². The van der Waals surface area contributed by atoms with Gasteiger partial charge < -0.3 is 4.89 Å². The molecule has 0 radical (unpaired) electrons. The van der Waals surface area contributed by atoms with E-state index in [1.807, 2.05) is 30.3 Å². The molecule has 15 heavy (non-hydrogen) atoms. The first-order valence-electron chi connectivity index (χ1n) is 4.13. The molecule has 0 spiro atoms. The summed E-state index contributed by atoms with van der Waals surface area (Å²) >= 11 is -1.13. The van der Waals surface area contributed by atoms with Crippen molar-refractivity contribution < 1.29 is 56.9 Å². The van der Waals surface area contributed by atoms with Crippen LogP contribution in [0.1, 0.15) is 6.92 Å². The summed E-state index contributed by atoms with van der Waals surface area (Å²) < 4.78 is 9.62. The van der Waals surface area contributed by atoms with Crippen LogP contribution in [0.4, 0.5) is 0 Å². The Morgan fingerprint density at radius 3 is 2.27 bits per heavy atom. The fourth-order valence-electron chi connectivity index (χ4n) is 0.846. The van der Waals surface area contributed by atoms with E-state index in [-0.39, 0.29) is 1.44 Å². The molecular formula is C9H11CeO4P. The number of carbonyl (C=O) groups is 1. The van der Waals surface area contributed by atoms with Crippen LogP contribution in [0.5, 0.6) is 0 Å². The molecule has 4 nitrogen and oxygen atoms in total. The molecule has 1 rings (SSSR count). The zero-order valence-corrected chi connectivity index (χ0v) is 12.2. The van der Waals surface area contributed by atoms with Crippen LogP contribution in [0, 0.1) is 37.6 Å². The third-order valence-corrected chi connectivity index (χ3v) is 5.76. The largest absolute Gasteiger partial charge is 0.324 e. The van der Waals surface area contributed by atoms with Crippen molar-refractivity contribution in [2.45, 2.75) is 8.36 Å². The van der Waals surface area contributed by atoms with E-state index in [0.717, 1.165) is 0 Å². The number of hydrogen-bond acceptors (Lipinski definition) is 2. The summed E-state index contributed by atoms with van der Waals surface area (Å²) in [5.41, 5.74) is 0. The molecule has 0 aliphatic carbocycles. The quantitative estimate of drug-likeness (QED) is 0.807. The first-order chi connectivity index (χ1) is 7.11. The first-order valence-corrected chi connectivity index (χ1v) is 8.27. The van der Waals surface area contributed by atoms with Crippen LogP contribution in [0.15, 0.2) is 30.3 Å². The van der Waals surface area contributed by atoms with Gasteiger partial charge in [-0.3, -0.25) is 0 Å². The zero-order chi connectivity index (χ0) is 11.7. The van der Waals surface area contributed by atoms with E-state index in [0.29, 0.717) is 0 Å². The predicted molar refractivity (Wildman–Crippen MR) is 53.0 cm³/mol. The average Bonchev–Trinajstić information content (AvgIpc) is 2.20. The maximum absolute atomic E-state index is 10.6. The summed E-state index contributed by atoms with van der Waals surface area (Å²) in [5, 5.41) is 8.69. The summed E-state index contributed by atoms with van der Waals surface area (Å²) in [7, 11) is -0.833. The molecule has 0 aliphatic rings. The molecule has 1 unspecified atom stereocenters. The maximum Gasteiger partial charge on any atom is 0.324 e. The minimum Gasteiger partial charge on any atom is -0.310 e. The Labute approximate surface area is 110 Å². The molecule has 1 aromatic carbocycles. The SMILES string of the molecule is C[CH]([Ce][c]1ccccc1)C(=O)O.O=PO. The molecule has 0 saturated heterocycles. The fourth-order valence-corrected chi connectivity index (χ4v) is 4.01.